The number of thioether (sulfide) groups is 1. The molecule has 2 rings (SSSR count). The first-order valence-corrected chi connectivity index (χ1v) is 9.30. The summed E-state index contributed by atoms with van der Waals surface area (Å²) in [5.74, 6) is -0.625. The van der Waals surface area contributed by atoms with Crippen LogP contribution in [0.4, 0.5) is 15.8 Å². The highest BCUT2D eigenvalue weighted by Crippen LogP contribution is 2.21. The van der Waals surface area contributed by atoms with Gasteiger partial charge in [0.1, 0.15) is 0 Å². The molecular weight excluding hydrogens is 355 g/mol. The van der Waals surface area contributed by atoms with Gasteiger partial charge in [0.15, 0.2) is 11.6 Å². The molecule has 0 aliphatic carbocycles. The molecule has 2 aromatic rings. The number of hydrogen-bond donors (Lipinski definition) is 2. The van der Waals surface area contributed by atoms with Crippen molar-refractivity contribution in [2.24, 2.45) is 0 Å². The fraction of sp³-hybridized carbons (Fsp3) is 0.263. The number of anilines is 2. The summed E-state index contributed by atoms with van der Waals surface area (Å²) in [6.07, 6.45) is 0. The van der Waals surface area contributed by atoms with Gasteiger partial charge in [-0.05, 0) is 43.7 Å². The van der Waals surface area contributed by atoms with E-state index in [0.29, 0.717) is 12.3 Å². The summed E-state index contributed by atoms with van der Waals surface area (Å²) in [5, 5.41) is 5.37. The van der Waals surface area contributed by atoms with Crippen LogP contribution in [0.3, 0.4) is 0 Å². The largest absolute Gasteiger partial charge is 0.491 e. The quantitative estimate of drug-likeness (QED) is 0.734. The monoisotopic (exact) mass is 376 g/mol. The maximum atomic E-state index is 13.7. The van der Waals surface area contributed by atoms with Gasteiger partial charge in [0.2, 0.25) is 11.8 Å². The number of ether oxygens (including phenoxy) is 1. The van der Waals surface area contributed by atoms with Gasteiger partial charge in [-0.25, -0.2) is 4.39 Å². The average molecular weight is 376 g/mol. The topological polar surface area (TPSA) is 67.4 Å². The number of amides is 2. The molecule has 0 fully saturated rings. The van der Waals surface area contributed by atoms with Crippen LogP contribution in [0.25, 0.3) is 0 Å². The van der Waals surface area contributed by atoms with Crippen LogP contribution in [0.5, 0.6) is 5.75 Å². The van der Waals surface area contributed by atoms with E-state index in [0.717, 1.165) is 11.3 Å². The summed E-state index contributed by atoms with van der Waals surface area (Å²) in [6, 6.07) is 11.7. The molecule has 0 saturated carbocycles. The number of hydrogen-bond acceptors (Lipinski definition) is 4. The zero-order valence-electron chi connectivity index (χ0n) is 14.7. The van der Waals surface area contributed by atoms with Gasteiger partial charge in [-0.2, -0.15) is 0 Å². The third-order valence-electron chi connectivity index (χ3n) is 3.28. The van der Waals surface area contributed by atoms with E-state index in [1.165, 1.54) is 23.9 Å². The van der Waals surface area contributed by atoms with Gasteiger partial charge in [-0.1, -0.05) is 12.1 Å². The Morgan fingerprint density at radius 2 is 1.69 bits per heavy atom. The van der Waals surface area contributed by atoms with Crippen molar-refractivity contribution in [3.8, 4) is 5.75 Å². The van der Waals surface area contributed by atoms with Gasteiger partial charge in [-0.15, -0.1) is 11.8 Å². The Balaban J connectivity index is 1.74. The number of rotatable bonds is 8. The first-order valence-electron chi connectivity index (χ1n) is 8.14. The maximum absolute atomic E-state index is 13.7. The highest BCUT2D eigenvalue weighted by atomic mass is 32.2. The predicted molar refractivity (Wildman–Crippen MR) is 103 cm³/mol. The molecule has 7 heteroatoms. The zero-order valence-corrected chi connectivity index (χ0v) is 15.5. The predicted octanol–water partition coefficient (Wildman–Crippen LogP) is 3.84. The first kappa shape index (κ1) is 19.8. The number of carbonyl (C=O) groups excluding carboxylic acids is 2. The minimum absolute atomic E-state index is 0.0933. The summed E-state index contributed by atoms with van der Waals surface area (Å²) in [7, 11) is 0. The Labute approximate surface area is 156 Å². The summed E-state index contributed by atoms with van der Waals surface area (Å²) in [4.78, 5) is 23.8. The second-order valence-corrected chi connectivity index (χ2v) is 6.52. The van der Waals surface area contributed by atoms with Crippen LogP contribution in [0.2, 0.25) is 0 Å². The molecule has 138 valence electrons. The zero-order chi connectivity index (χ0) is 18.9. The number of nitrogens with one attached hydrogen (secondary N) is 2. The Morgan fingerprint density at radius 3 is 2.27 bits per heavy atom. The molecule has 0 spiro atoms. The molecule has 5 nitrogen and oxygen atoms in total. The molecule has 2 N–H and O–H groups in total. The van der Waals surface area contributed by atoms with Crippen molar-refractivity contribution >= 4 is 35.0 Å². The van der Waals surface area contributed by atoms with Gasteiger partial charge in [0.25, 0.3) is 0 Å². The van der Waals surface area contributed by atoms with E-state index < -0.39 is 5.82 Å². The highest BCUT2D eigenvalue weighted by molar-refractivity contribution is 8.00. The smallest absolute Gasteiger partial charge is 0.234 e. The van der Waals surface area contributed by atoms with Gasteiger partial charge < -0.3 is 15.4 Å². The van der Waals surface area contributed by atoms with Gasteiger partial charge in [0.05, 0.1) is 18.1 Å². The highest BCUT2D eigenvalue weighted by Gasteiger charge is 2.09. The minimum atomic E-state index is -0.533. The van der Waals surface area contributed by atoms with Crippen molar-refractivity contribution in [3.63, 3.8) is 0 Å². The Morgan fingerprint density at radius 1 is 1.04 bits per heavy atom. The van der Waals surface area contributed by atoms with Crippen LogP contribution in [-0.4, -0.2) is 29.9 Å². The normalized spacial score (nSPS) is 10.3. The van der Waals surface area contributed by atoms with Crippen LogP contribution in [-0.2, 0) is 9.59 Å². The molecule has 26 heavy (non-hydrogen) atoms. The lowest BCUT2D eigenvalue weighted by atomic mass is 10.2. The lowest BCUT2D eigenvalue weighted by molar-refractivity contribution is -0.114. The van der Waals surface area contributed by atoms with E-state index in [-0.39, 0.29) is 29.1 Å². The molecule has 0 atom stereocenters. The summed E-state index contributed by atoms with van der Waals surface area (Å²) >= 11 is 1.19. The van der Waals surface area contributed by atoms with Crippen molar-refractivity contribution in [1.82, 2.24) is 0 Å². The fourth-order valence-electron chi connectivity index (χ4n) is 2.20. The lowest BCUT2D eigenvalue weighted by Gasteiger charge is -2.09. The maximum Gasteiger partial charge on any atom is 0.234 e. The molecule has 0 bridgehead atoms. The van der Waals surface area contributed by atoms with Gasteiger partial charge >= 0.3 is 0 Å². The number of benzene rings is 2. The van der Waals surface area contributed by atoms with Crippen LogP contribution >= 0.6 is 11.8 Å². The van der Waals surface area contributed by atoms with Crippen LogP contribution < -0.4 is 15.4 Å². The Hall–Kier alpha value is -2.54. The first-order chi connectivity index (χ1) is 12.5. The fourth-order valence-corrected chi connectivity index (χ4v) is 2.82. The Kier molecular flexibility index (Phi) is 7.47. The lowest BCUT2D eigenvalue weighted by Crippen LogP contribution is -2.18. The molecule has 2 aromatic carbocycles. The second-order valence-electron chi connectivity index (χ2n) is 5.54. The summed E-state index contributed by atoms with van der Waals surface area (Å²) in [5.41, 5.74) is 2.13. The summed E-state index contributed by atoms with van der Waals surface area (Å²) < 4.78 is 18.9. The van der Waals surface area contributed by atoms with Crippen LogP contribution in [0.1, 0.15) is 12.5 Å². The number of carbonyl (C=O) groups is 2. The SMILES string of the molecule is CCOc1ccc(NC(=O)CSCC(=O)Nc2cccc(C)c2)cc1F. The van der Waals surface area contributed by atoms with Crippen LogP contribution in [0.15, 0.2) is 42.5 Å². The van der Waals surface area contributed by atoms with E-state index in [9.17, 15) is 14.0 Å². The van der Waals surface area contributed by atoms with Crippen molar-refractivity contribution in [1.29, 1.82) is 0 Å². The molecule has 0 radical (unpaired) electrons. The molecular formula is C19H21FN2O3S. The van der Waals surface area contributed by atoms with E-state index in [2.05, 4.69) is 10.6 Å². The molecule has 0 heterocycles. The molecule has 0 unspecified atom stereocenters. The number of halogens is 1. The van der Waals surface area contributed by atoms with E-state index >= 15 is 0 Å². The van der Waals surface area contributed by atoms with E-state index in [1.54, 1.807) is 13.0 Å². The number of aryl methyl sites for hydroxylation is 1. The molecule has 0 aliphatic rings. The van der Waals surface area contributed by atoms with E-state index in [4.69, 9.17) is 4.74 Å². The average Bonchev–Trinajstić information content (AvgIpc) is 2.57. The third kappa shape index (κ3) is 6.40. The minimum Gasteiger partial charge on any atom is -0.491 e. The van der Waals surface area contributed by atoms with Crippen molar-refractivity contribution in [2.45, 2.75) is 13.8 Å². The van der Waals surface area contributed by atoms with Gasteiger partial charge in [0, 0.05) is 17.4 Å². The van der Waals surface area contributed by atoms with Crippen molar-refractivity contribution in [3.05, 3.63) is 53.8 Å². The molecule has 2 amide bonds. The Bertz CT molecular complexity index is 783. The van der Waals surface area contributed by atoms with Crippen LogP contribution in [0, 0.1) is 12.7 Å². The molecule has 0 aromatic heterocycles. The molecule has 0 saturated heterocycles. The van der Waals surface area contributed by atoms with Gasteiger partial charge in [-0.3, -0.25) is 9.59 Å². The van der Waals surface area contributed by atoms with Crippen molar-refractivity contribution < 1.29 is 18.7 Å². The standard InChI is InChI=1S/C19H21FN2O3S/c1-3-25-17-8-7-15(10-16(17)20)22-19(24)12-26-11-18(23)21-14-6-4-5-13(2)9-14/h4-10H,3,11-12H2,1-2H3,(H,21,23)(H,22,24). The summed E-state index contributed by atoms with van der Waals surface area (Å²) in [6.45, 7) is 4.07. The second kappa shape index (κ2) is 9.82. The van der Waals surface area contributed by atoms with Crippen molar-refractivity contribution in [2.75, 3.05) is 28.7 Å². The molecule has 0 aliphatic heterocycles. The van der Waals surface area contributed by atoms with E-state index in [1.807, 2.05) is 31.2 Å². The third-order valence-corrected chi connectivity index (χ3v) is 4.22.